The van der Waals surface area contributed by atoms with Crippen molar-refractivity contribution in [1.82, 2.24) is 10.3 Å². The molecular formula is C13H17BrN2O3. The molecule has 0 fully saturated rings. The predicted molar refractivity (Wildman–Crippen MR) is 74.7 cm³/mol. The number of methoxy groups -OCH3 is 1. The third-order valence-electron chi connectivity index (χ3n) is 2.92. The molecule has 0 aliphatic rings. The first-order valence-electron chi connectivity index (χ1n) is 5.98. The average Bonchev–Trinajstić information content (AvgIpc) is 2.42. The number of carbonyl (C=O) groups excluding carboxylic acids is 2. The normalized spacial score (nSPS) is 13.5. The standard InChI is InChI=1S/C13H17BrN2O3/c1-4-8(2)11(13(18)19-3)16-12(17)9-5-10(14)7-15-6-9/h5-8,11H,4H2,1-3H3,(H,16,17)/t8-,11+/m0/s1. The molecule has 1 amide bonds. The molecule has 0 radical (unpaired) electrons. The summed E-state index contributed by atoms with van der Waals surface area (Å²) in [4.78, 5) is 27.7. The lowest BCUT2D eigenvalue weighted by Crippen LogP contribution is -2.45. The van der Waals surface area contributed by atoms with Crippen LogP contribution in [0.2, 0.25) is 0 Å². The molecule has 1 heterocycles. The quantitative estimate of drug-likeness (QED) is 0.841. The maximum absolute atomic E-state index is 12.1. The molecule has 0 aromatic carbocycles. The van der Waals surface area contributed by atoms with Crippen LogP contribution in [0.3, 0.4) is 0 Å². The number of hydrogen-bond acceptors (Lipinski definition) is 4. The average molecular weight is 329 g/mol. The van der Waals surface area contributed by atoms with Gasteiger partial charge in [-0.25, -0.2) is 4.79 Å². The highest BCUT2D eigenvalue weighted by molar-refractivity contribution is 9.10. The van der Waals surface area contributed by atoms with Crippen molar-refractivity contribution >= 4 is 27.8 Å². The van der Waals surface area contributed by atoms with Gasteiger partial charge in [0.1, 0.15) is 6.04 Å². The van der Waals surface area contributed by atoms with Gasteiger partial charge in [0.2, 0.25) is 0 Å². The molecule has 0 spiro atoms. The van der Waals surface area contributed by atoms with Crippen molar-refractivity contribution in [2.45, 2.75) is 26.3 Å². The van der Waals surface area contributed by atoms with Gasteiger partial charge in [-0.05, 0) is 27.9 Å². The lowest BCUT2D eigenvalue weighted by atomic mass is 9.99. The monoisotopic (exact) mass is 328 g/mol. The van der Waals surface area contributed by atoms with Gasteiger partial charge in [-0.1, -0.05) is 20.3 Å². The molecule has 2 atom stereocenters. The minimum atomic E-state index is -0.651. The first-order chi connectivity index (χ1) is 8.99. The van der Waals surface area contributed by atoms with Crippen molar-refractivity contribution in [3.8, 4) is 0 Å². The number of nitrogens with zero attached hydrogens (tertiary/aromatic N) is 1. The fourth-order valence-corrected chi connectivity index (χ4v) is 1.92. The van der Waals surface area contributed by atoms with Crippen LogP contribution in [-0.2, 0) is 9.53 Å². The largest absolute Gasteiger partial charge is 0.467 e. The van der Waals surface area contributed by atoms with Crippen LogP contribution in [-0.4, -0.2) is 30.0 Å². The molecule has 1 aromatic rings. The van der Waals surface area contributed by atoms with Crippen LogP contribution in [0.1, 0.15) is 30.6 Å². The Morgan fingerprint density at radius 1 is 1.47 bits per heavy atom. The van der Waals surface area contributed by atoms with E-state index in [1.54, 1.807) is 12.3 Å². The summed E-state index contributed by atoms with van der Waals surface area (Å²) >= 11 is 3.25. The molecule has 0 unspecified atom stereocenters. The number of aromatic nitrogens is 1. The van der Waals surface area contributed by atoms with E-state index in [1.807, 2.05) is 13.8 Å². The van der Waals surface area contributed by atoms with Crippen LogP contribution >= 0.6 is 15.9 Å². The van der Waals surface area contributed by atoms with Crippen LogP contribution < -0.4 is 5.32 Å². The molecule has 0 saturated heterocycles. The Bertz CT molecular complexity index is 465. The van der Waals surface area contributed by atoms with Crippen molar-refractivity contribution < 1.29 is 14.3 Å². The number of nitrogens with one attached hydrogen (secondary N) is 1. The van der Waals surface area contributed by atoms with E-state index >= 15 is 0 Å². The first-order valence-corrected chi connectivity index (χ1v) is 6.78. The summed E-state index contributed by atoms with van der Waals surface area (Å²) in [6.45, 7) is 3.84. The number of hydrogen-bond donors (Lipinski definition) is 1. The van der Waals surface area contributed by atoms with Crippen LogP contribution in [0, 0.1) is 5.92 Å². The molecule has 0 aliphatic carbocycles. The van der Waals surface area contributed by atoms with Gasteiger partial charge in [-0.15, -0.1) is 0 Å². The van der Waals surface area contributed by atoms with Gasteiger partial charge in [0.05, 0.1) is 12.7 Å². The molecule has 0 bridgehead atoms. The van der Waals surface area contributed by atoms with Crippen molar-refractivity contribution in [3.63, 3.8) is 0 Å². The van der Waals surface area contributed by atoms with Crippen LogP contribution in [0.4, 0.5) is 0 Å². The highest BCUT2D eigenvalue weighted by Gasteiger charge is 2.27. The molecule has 0 saturated carbocycles. The topological polar surface area (TPSA) is 68.3 Å². The summed E-state index contributed by atoms with van der Waals surface area (Å²) < 4.78 is 5.42. The van der Waals surface area contributed by atoms with E-state index in [-0.39, 0.29) is 11.8 Å². The molecular weight excluding hydrogens is 312 g/mol. The Morgan fingerprint density at radius 2 is 2.16 bits per heavy atom. The zero-order chi connectivity index (χ0) is 14.4. The minimum Gasteiger partial charge on any atom is -0.467 e. The van der Waals surface area contributed by atoms with Crippen LogP contribution in [0.25, 0.3) is 0 Å². The van der Waals surface area contributed by atoms with Crippen molar-refractivity contribution in [2.75, 3.05) is 7.11 Å². The molecule has 6 heteroatoms. The summed E-state index contributed by atoms with van der Waals surface area (Å²) in [5, 5.41) is 2.69. The van der Waals surface area contributed by atoms with Gasteiger partial charge in [0, 0.05) is 16.9 Å². The highest BCUT2D eigenvalue weighted by Crippen LogP contribution is 2.12. The van der Waals surface area contributed by atoms with E-state index in [2.05, 4.69) is 26.2 Å². The second-order valence-corrected chi connectivity index (χ2v) is 5.17. The molecule has 1 rings (SSSR count). The first kappa shape index (κ1) is 15.6. The highest BCUT2D eigenvalue weighted by atomic mass is 79.9. The molecule has 19 heavy (non-hydrogen) atoms. The van der Waals surface area contributed by atoms with Crippen molar-refractivity contribution in [2.24, 2.45) is 5.92 Å². The zero-order valence-electron chi connectivity index (χ0n) is 11.1. The Labute approximate surface area is 120 Å². The summed E-state index contributed by atoms with van der Waals surface area (Å²) in [5.74, 6) is -0.785. The Kier molecular flexibility index (Phi) is 5.95. The fraction of sp³-hybridized carbons (Fsp3) is 0.462. The third kappa shape index (κ3) is 4.31. The summed E-state index contributed by atoms with van der Waals surface area (Å²) in [6, 6.07) is 0.995. The van der Waals surface area contributed by atoms with E-state index in [0.717, 1.165) is 6.42 Å². The number of rotatable bonds is 5. The molecule has 104 valence electrons. The summed E-state index contributed by atoms with van der Waals surface area (Å²) in [6.07, 6.45) is 3.80. The van der Waals surface area contributed by atoms with E-state index in [4.69, 9.17) is 4.74 Å². The maximum atomic E-state index is 12.1. The number of esters is 1. The third-order valence-corrected chi connectivity index (χ3v) is 3.36. The van der Waals surface area contributed by atoms with Gasteiger partial charge in [0.15, 0.2) is 0 Å². The maximum Gasteiger partial charge on any atom is 0.328 e. The number of pyridine rings is 1. The lowest BCUT2D eigenvalue weighted by Gasteiger charge is -2.21. The van der Waals surface area contributed by atoms with Gasteiger partial charge < -0.3 is 10.1 Å². The zero-order valence-corrected chi connectivity index (χ0v) is 12.7. The van der Waals surface area contributed by atoms with Crippen molar-refractivity contribution in [1.29, 1.82) is 0 Å². The molecule has 0 aliphatic heterocycles. The minimum absolute atomic E-state index is 0.00323. The SMILES string of the molecule is CC[C@H](C)[C@@H](NC(=O)c1cncc(Br)c1)C(=O)OC. The predicted octanol–water partition coefficient (Wildman–Crippen LogP) is 2.16. The van der Waals surface area contributed by atoms with Crippen LogP contribution in [0.5, 0.6) is 0 Å². The second-order valence-electron chi connectivity index (χ2n) is 4.25. The number of halogens is 1. The van der Waals surface area contributed by atoms with Gasteiger partial charge in [0.25, 0.3) is 5.91 Å². The van der Waals surface area contributed by atoms with E-state index in [1.165, 1.54) is 13.3 Å². The van der Waals surface area contributed by atoms with Gasteiger partial charge >= 0.3 is 5.97 Å². The Hall–Kier alpha value is -1.43. The van der Waals surface area contributed by atoms with E-state index in [9.17, 15) is 9.59 Å². The molecule has 5 nitrogen and oxygen atoms in total. The van der Waals surface area contributed by atoms with E-state index < -0.39 is 12.0 Å². The summed E-state index contributed by atoms with van der Waals surface area (Å²) in [7, 11) is 1.31. The number of carbonyl (C=O) groups is 2. The van der Waals surface area contributed by atoms with Crippen molar-refractivity contribution in [3.05, 3.63) is 28.5 Å². The number of ether oxygens (including phenoxy) is 1. The van der Waals surface area contributed by atoms with Gasteiger partial charge in [-0.3, -0.25) is 9.78 Å². The second kappa shape index (κ2) is 7.23. The van der Waals surface area contributed by atoms with Gasteiger partial charge in [-0.2, -0.15) is 0 Å². The van der Waals surface area contributed by atoms with E-state index in [0.29, 0.717) is 10.0 Å². The fourth-order valence-electron chi connectivity index (χ4n) is 1.56. The Morgan fingerprint density at radius 3 is 2.68 bits per heavy atom. The summed E-state index contributed by atoms with van der Waals surface area (Å²) in [5.41, 5.74) is 0.395. The van der Waals surface area contributed by atoms with Crippen LogP contribution in [0.15, 0.2) is 22.9 Å². The Balaban J connectivity index is 2.84. The smallest absolute Gasteiger partial charge is 0.328 e. The molecule has 1 N–H and O–H groups in total. The number of amides is 1. The lowest BCUT2D eigenvalue weighted by molar-refractivity contribution is -0.144. The molecule has 1 aromatic heterocycles.